The van der Waals surface area contributed by atoms with E-state index in [-0.39, 0.29) is 0 Å². The summed E-state index contributed by atoms with van der Waals surface area (Å²) < 4.78 is 0. The minimum atomic E-state index is 1.32. The van der Waals surface area contributed by atoms with Crippen molar-refractivity contribution in [1.82, 2.24) is 4.90 Å². The van der Waals surface area contributed by atoms with Crippen LogP contribution in [0.5, 0.6) is 0 Å². The molecule has 0 radical (unpaired) electrons. The van der Waals surface area contributed by atoms with E-state index in [9.17, 15) is 0 Å². The van der Waals surface area contributed by atoms with Gasteiger partial charge in [0.2, 0.25) is 0 Å². The monoisotopic (exact) mass is 135 g/mol. The molecule has 10 heavy (non-hydrogen) atoms. The molecule has 1 rings (SSSR count). The summed E-state index contributed by atoms with van der Waals surface area (Å²) in [6.07, 6.45) is 8.36. The standard InChI is InChI=1S/C9H13N/c1-8(2)9-4-6-10(3)7-5-9/h4-7H,1-3H3. The normalized spacial score (nSPS) is 16.3. The van der Waals surface area contributed by atoms with Crippen molar-refractivity contribution in [2.45, 2.75) is 13.8 Å². The van der Waals surface area contributed by atoms with Crippen LogP contribution in [0.1, 0.15) is 13.8 Å². The molecule has 0 aliphatic carbocycles. The van der Waals surface area contributed by atoms with Gasteiger partial charge in [-0.15, -0.1) is 0 Å². The van der Waals surface area contributed by atoms with Gasteiger partial charge in [0.1, 0.15) is 0 Å². The Kier molecular flexibility index (Phi) is 1.95. The number of hydrogen-bond acceptors (Lipinski definition) is 1. The summed E-state index contributed by atoms with van der Waals surface area (Å²) in [5, 5.41) is 0. The van der Waals surface area contributed by atoms with E-state index in [2.05, 4.69) is 38.4 Å². The quantitative estimate of drug-likeness (QED) is 0.492. The second-order valence-corrected chi connectivity index (χ2v) is 2.75. The maximum atomic E-state index is 2.12. The topological polar surface area (TPSA) is 3.24 Å². The maximum absolute atomic E-state index is 2.12. The zero-order chi connectivity index (χ0) is 7.56. The molecule has 0 fully saturated rings. The average Bonchev–Trinajstić information content (AvgIpc) is 1.88. The predicted molar refractivity (Wildman–Crippen MR) is 44.4 cm³/mol. The fourth-order valence-corrected chi connectivity index (χ4v) is 0.834. The van der Waals surface area contributed by atoms with Crippen LogP contribution in [-0.4, -0.2) is 11.9 Å². The lowest BCUT2D eigenvalue weighted by molar-refractivity contribution is 0.619. The Labute approximate surface area is 62.3 Å². The van der Waals surface area contributed by atoms with Gasteiger partial charge >= 0.3 is 0 Å². The third kappa shape index (κ3) is 1.50. The van der Waals surface area contributed by atoms with Crippen LogP contribution in [0.25, 0.3) is 0 Å². The fraction of sp³-hybridized carbons (Fsp3) is 0.333. The summed E-state index contributed by atoms with van der Waals surface area (Å²) in [5.41, 5.74) is 2.68. The van der Waals surface area contributed by atoms with Gasteiger partial charge in [-0.3, -0.25) is 0 Å². The molecule has 1 aliphatic heterocycles. The third-order valence-electron chi connectivity index (χ3n) is 1.56. The molecule has 1 aliphatic rings. The van der Waals surface area contributed by atoms with Gasteiger partial charge in [0.15, 0.2) is 0 Å². The Morgan fingerprint density at radius 3 is 2.10 bits per heavy atom. The smallest absolute Gasteiger partial charge is 0.0106 e. The van der Waals surface area contributed by atoms with Crippen molar-refractivity contribution in [2.75, 3.05) is 7.05 Å². The van der Waals surface area contributed by atoms with Crippen LogP contribution < -0.4 is 0 Å². The van der Waals surface area contributed by atoms with Crippen LogP contribution in [0.3, 0.4) is 0 Å². The Bertz CT molecular complexity index is 189. The molecule has 0 saturated carbocycles. The zero-order valence-electron chi connectivity index (χ0n) is 6.76. The van der Waals surface area contributed by atoms with E-state index >= 15 is 0 Å². The van der Waals surface area contributed by atoms with Crippen molar-refractivity contribution < 1.29 is 0 Å². The first-order chi connectivity index (χ1) is 4.70. The highest BCUT2D eigenvalue weighted by molar-refractivity contribution is 5.36. The molecule has 0 N–H and O–H groups in total. The van der Waals surface area contributed by atoms with Gasteiger partial charge in [-0.1, -0.05) is 5.57 Å². The molecule has 0 aromatic carbocycles. The minimum Gasteiger partial charge on any atom is -0.357 e. The van der Waals surface area contributed by atoms with Crippen LogP contribution in [-0.2, 0) is 0 Å². The molecule has 0 unspecified atom stereocenters. The molecular weight excluding hydrogens is 122 g/mol. The fourth-order valence-electron chi connectivity index (χ4n) is 0.834. The van der Waals surface area contributed by atoms with E-state index in [0.717, 1.165) is 0 Å². The summed E-state index contributed by atoms with van der Waals surface area (Å²) in [4.78, 5) is 2.03. The number of rotatable bonds is 0. The second-order valence-electron chi connectivity index (χ2n) is 2.75. The average molecular weight is 135 g/mol. The van der Waals surface area contributed by atoms with Crippen LogP contribution >= 0.6 is 0 Å². The van der Waals surface area contributed by atoms with Crippen molar-refractivity contribution in [1.29, 1.82) is 0 Å². The zero-order valence-corrected chi connectivity index (χ0v) is 6.76. The first-order valence-electron chi connectivity index (χ1n) is 3.46. The molecule has 0 aromatic rings. The van der Waals surface area contributed by atoms with E-state index in [4.69, 9.17) is 0 Å². The summed E-state index contributed by atoms with van der Waals surface area (Å²) in [5.74, 6) is 0. The molecule has 54 valence electrons. The van der Waals surface area contributed by atoms with Crippen molar-refractivity contribution >= 4 is 0 Å². The summed E-state index contributed by atoms with van der Waals surface area (Å²) in [6, 6.07) is 0. The van der Waals surface area contributed by atoms with Crippen molar-refractivity contribution in [3.63, 3.8) is 0 Å². The number of allylic oxidation sites excluding steroid dienone is 4. The molecule has 1 heterocycles. The van der Waals surface area contributed by atoms with E-state index in [1.165, 1.54) is 11.1 Å². The highest BCUT2D eigenvalue weighted by atomic mass is 15.0. The lowest BCUT2D eigenvalue weighted by atomic mass is 10.1. The van der Waals surface area contributed by atoms with Gasteiger partial charge in [0, 0.05) is 19.4 Å². The number of hydrogen-bond donors (Lipinski definition) is 0. The van der Waals surface area contributed by atoms with Gasteiger partial charge < -0.3 is 4.90 Å². The van der Waals surface area contributed by atoms with Gasteiger partial charge in [-0.05, 0) is 31.6 Å². The van der Waals surface area contributed by atoms with E-state index in [1.54, 1.807) is 0 Å². The van der Waals surface area contributed by atoms with Crippen LogP contribution in [0.15, 0.2) is 35.7 Å². The summed E-state index contributed by atoms with van der Waals surface area (Å²) >= 11 is 0. The molecule has 1 heteroatoms. The summed E-state index contributed by atoms with van der Waals surface area (Å²) in [7, 11) is 2.02. The van der Waals surface area contributed by atoms with E-state index in [1.807, 2.05) is 11.9 Å². The number of nitrogens with zero attached hydrogens (tertiary/aromatic N) is 1. The molecule has 0 bridgehead atoms. The minimum absolute atomic E-state index is 1.32. The Morgan fingerprint density at radius 2 is 1.70 bits per heavy atom. The van der Waals surface area contributed by atoms with Crippen LogP contribution in [0.2, 0.25) is 0 Å². The van der Waals surface area contributed by atoms with Crippen molar-refractivity contribution in [3.8, 4) is 0 Å². The highest BCUT2D eigenvalue weighted by Gasteiger charge is 1.95. The van der Waals surface area contributed by atoms with Crippen molar-refractivity contribution in [3.05, 3.63) is 35.7 Å². The third-order valence-corrected chi connectivity index (χ3v) is 1.56. The molecular formula is C9H13N. The van der Waals surface area contributed by atoms with Gasteiger partial charge in [0.05, 0.1) is 0 Å². The lowest BCUT2D eigenvalue weighted by Crippen LogP contribution is -2.03. The van der Waals surface area contributed by atoms with E-state index < -0.39 is 0 Å². The van der Waals surface area contributed by atoms with Gasteiger partial charge in [-0.25, -0.2) is 0 Å². The van der Waals surface area contributed by atoms with Crippen LogP contribution in [0.4, 0.5) is 0 Å². The second kappa shape index (κ2) is 2.74. The maximum Gasteiger partial charge on any atom is 0.0106 e. The predicted octanol–water partition coefficient (Wildman–Crippen LogP) is 2.30. The molecule has 0 saturated heterocycles. The Morgan fingerprint density at radius 1 is 1.20 bits per heavy atom. The van der Waals surface area contributed by atoms with Gasteiger partial charge in [-0.2, -0.15) is 0 Å². The Balaban J connectivity index is 2.81. The molecule has 0 spiro atoms. The SMILES string of the molecule is CC(C)=C1C=CN(C)C=C1. The van der Waals surface area contributed by atoms with Gasteiger partial charge in [0.25, 0.3) is 0 Å². The lowest BCUT2D eigenvalue weighted by Gasteiger charge is -2.12. The van der Waals surface area contributed by atoms with Crippen LogP contribution in [0, 0.1) is 0 Å². The molecule has 0 atom stereocenters. The first-order valence-corrected chi connectivity index (χ1v) is 3.46. The highest BCUT2D eigenvalue weighted by Crippen LogP contribution is 2.11. The van der Waals surface area contributed by atoms with E-state index in [0.29, 0.717) is 0 Å². The Hall–Kier alpha value is -0.980. The molecule has 0 amide bonds. The summed E-state index contributed by atoms with van der Waals surface area (Å²) in [6.45, 7) is 4.24. The molecule has 1 nitrogen and oxygen atoms in total. The van der Waals surface area contributed by atoms with Crippen molar-refractivity contribution in [2.24, 2.45) is 0 Å². The largest absolute Gasteiger partial charge is 0.357 e. The first kappa shape index (κ1) is 7.13. The molecule has 0 aromatic heterocycles.